The van der Waals surface area contributed by atoms with Crippen molar-refractivity contribution in [3.63, 3.8) is 0 Å². The number of rotatable bonds is 4. The van der Waals surface area contributed by atoms with Crippen LogP contribution in [0.5, 0.6) is 5.75 Å². The monoisotopic (exact) mass is 249 g/mol. The molecule has 0 aromatic heterocycles. The van der Waals surface area contributed by atoms with Crippen molar-refractivity contribution in [1.82, 2.24) is 5.32 Å². The minimum Gasteiger partial charge on any atom is -0.497 e. The van der Waals surface area contributed by atoms with E-state index < -0.39 is 5.60 Å². The Morgan fingerprint density at radius 1 is 1.44 bits per heavy atom. The molecule has 3 nitrogen and oxygen atoms in total. The largest absolute Gasteiger partial charge is 0.497 e. The first-order valence-electron chi connectivity index (χ1n) is 6.72. The quantitative estimate of drug-likeness (QED) is 0.860. The SMILES string of the molecule is CNCC1CCCCC1(O)c1cccc(OC)c1. The van der Waals surface area contributed by atoms with E-state index in [4.69, 9.17) is 4.74 Å². The minimum absolute atomic E-state index is 0.281. The summed E-state index contributed by atoms with van der Waals surface area (Å²) in [6, 6.07) is 7.85. The molecule has 0 saturated heterocycles. The topological polar surface area (TPSA) is 41.5 Å². The zero-order chi connectivity index (χ0) is 13.0. The van der Waals surface area contributed by atoms with E-state index in [2.05, 4.69) is 5.32 Å². The van der Waals surface area contributed by atoms with Crippen molar-refractivity contribution < 1.29 is 9.84 Å². The lowest BCUT2D eigenvalue weighted by Gasteiger charge is -2.40. The number of hydrogen-bond acceptors (Lipinski definition) is 3. The van der Waals surface area contributed by atoms with E-state index in [1.807, 2.05) is 31.3 Å². The van der Waals surface area contributed by atoms with Crippen molar-refractivity contribution in [2.24, 2.45) is 5.92 Å². The molecule has 1 aliphatic carbocycles. The summed E-state index contributed by atoms with van der Waals surface area (Å²) < 4.78 is 5.26. The van der Waals surface area contributed by atoms with Crippen LogP contribution in [0.3, 0.4) is 0 Å². The molecule has 1 saturated carbocycles. The predicted molar refractivity (Wildman–Crippen MR) is 72.8 cm³/mol. The molecule has 0 aliphatic heterocycles. The van der Waals surface area contributed by atoms with Crippen molar-refractivity contribution in [2.45, 2.75) is 31.3 Å². The summed E-state index contributed by atoms with van der Waals surface area (Å²) in [5.41, 5.74) is 0.275. The van der Waals surface area contributed by atoms with Crippen molar-refractivity contribution in [2.75, 3.05) is 20.7 Å². The van der Waals surface area contributed by atoms with Gasteiger partial charge in [0.05, 0.1) is 12.7 Å². The van der Waals surface area contributed by atoms with Gasteiger partial charge in [0.25, 0.3) is 0 Å². The van der Waals surface area contributed by atoms with E-state index in [-0.39, 0.29) is 5.92 Å². The van der Waals surface area contributed by atoms with Gasteiger partial charge in [0, 0.05) is 12.5 Å². The molecule has 1 aliphatic rings. The molecular formula is C15H23NO2. The summed E-state index contributed by atoms with van der Waals surface area (Å²) in [7, 11) is 3.61. The van der Waals surface area contributed by atoms with Gasteiger partial charge in [-0.15, -0.1) is 0 Å². The van der Waals surface area contributed by atoms with Crippen molar-refractivity contribution in [3.8, 4) is 5.75 Å². The van der Waals surface area contributed by atoms with Gasteiger partial charge < -0.3 is 15.2 Å². The Hall–Kier alpha value is -1.06. The molecule has 1 aromatic carbocycles. The molecule has 0 bridgehead atoms. The van der Waals surface area contributed by atoms with Crippen LogP contribution in [0.4, 0.5) is 0 Å². The highest BCUT2D eigenvalue weighted by Gasteiger charge is 2.39. The zero-order valence-electron chi connectivity index (χ0n) is 11.3. The van der Waals surface area contributed by atoms with E-state index in [0.717, 1.165) is 37.1 Å². The molecule has 0 spiro atoms. The summed E-state index contributed by atoms with van der Waals surface area (Å²) in [5, 5.41) is 14.3. The van der Waals surface area contributed by atoms with Crippen LogP contribution in [0, 0.1) is 5.92 Å². The maximum atomic E-state index is 11.1. The van der Waals surface area contributed by atoms with Crippen molar-refractivity contribution in [3.05, 3.63) is 29.8 Å². The number of nitrogens with one attached hydrogen (secondary N) is 1. The lowest BCUT2D eigenvalue weighted by Crippen LogP contribution is -2.42. The Morgan fingerprint density at radius 2 is 2.28 bits per heavy atom. The first kappa shape index (κ1) is 13.4. The lowest BCUT2D eigenvalue weighted by molar-refractivity contribution is -0.0531. The van der Waals surface area contributed by atoms with Gasteiger partial charge in [-0.25, -0.2) is 0 Å². The molecule has 0 amide bonds. The number of benzene rings is 1. The third-order valence-corrected chi connectivity index (χ3v) is 4.06. The summed E-state index contributed by atoms with van der Waals surface area (Å²) in [6.07, 6.45) is 4.22. The maximum absolute atomic E-state index is 11.1. The van der Waals surface area contributed by atoms with Crippen LogP contribution in [0.2, 0.25) is 0 Å². The van der Waals surface area contributed by atoms with Gasteiger partial charge in [0.15, 0.2) is 0 Å². The van der Waals surface area contributed by atoms with Gasteiger partial charge in [-0.1, -0.05) is 25.0 Å². The molecule has 2 N–H and O–H groups in total. The van der Waals surface area contributed by atoms with Gasteiger partial charge >= 0.3 is 0 Å². The molecule has 2 atom stereocenters. The fourth-order valence-electron chi connectivity index (χ4n) is 3.02. The zero-order valence-corrected chi connectivity index (χ0v) is 11.3. The lowest BCUT2D eigenvalue weighted by atomic mass is 9.71. The summed E-state index contributed by atoms with van der Waals surface area (Å²) in [6.45, 7) is 0.855. The number of hydrogen-bond donors (Lipinski definition) is 2. The van der Waals surface area contributed by atoms with E-state index in [1.165, 1.54) is 6.42 Å². The molecule has 0 heterocycles. The van der Waals surface area contributed by atoms with E-state index >= 15 is 0 Å². The molecule has 2 rings (SSSR count). The van der Waals surface area contributed by atoms with Gasteiger partial charge in [0.1, 0.15) is 5.75 Å². The normalized spacial score (nSPS) is 28.1. The van der Waals surface area contributed by atoms with E-state index in [1.54, 1.807) is 7.11 Å². The molecule has 3 heteroatoms. The fraction of sp³-hybridized carbons (Fsp3) is 0.600. The molecular weight excluding hydrogens is 226 g/mol. The highest BCUT2D eigenvalue weighted by Crippen LogP contribution is 2.42. The maximum Gasteiger partial charge on any atom is 0.119 e. The number of aliphatic hydroxyl groups is 1. The molecule has 1 fully saturated rings. The van der Waals surface area contributed by atoms with Gasteiger partial charge in [-0.05, 0) is 37.6 Å². The first-order valence-corrected chi connectivity index (χ1v) is 6.72. The van der Waals surface area contributed by atoms with Crippen LogP contribution in [0.1, 0.15) is 31.2 Å². The van der Waals surface area contributed by atoms with Crippen LogP contribution >= 0.6 is 0 Å². The molecule has 2 unspecified atom stereocenters. The summed E-state index contributed by atoms with van der Waals surface area (Å²) in [4.78, 5) is 0. The second kappa shape index (κ2) is 5.72. The van der Waals surface area contributed by atoms with Crippen LogP contribution < -0.4 is 10.1 Å². The van der Waals surface area contributed by atoms with Crippen LogP contribution in [-0.4, -0.2) is 25.8 Å². The average Bonchev–Trinajstić information content (AvgIpc) is 2.42. The van der Waals surface area contributed by atoms with Crippen LogP contribution in [0.25, 0.3) is 0 Å². The average molecular weight is 249 g/mol. The van der Waals surface area contributed by atoms with Crippen LogP contribution in [-0.2, 0) is 5.60 Å². The standard InChI is InChI=1S/C15H23NO2/c1-16-11-13-6-3-4-9-15(13,17)12-7-5-8-14(10-12)18-2/h5,7-8,10,13,16-17H,3-4,6,9,11H2,1-2H3. The summed E-state index contributed by atoms with van der Waals surface area (Å²) >= 11 is 0. The minimum atomic E-state index is -0.713. The molecule has 100 valence electrons. The Labute approximate surface area is 109 Å². The predicted octanol–water partition coefficient (Wildman–Crippen LogP) is 2.29. The second-order valence-electron chi connectivity index (χ2n) is 5.16. The van der Waals surface area contributed by atoms with Gasteiger partial charge in [0.2, 0.25) is 0 Å². The Bertz CT molecular complexity index is 392. The smallest absolute Gasteiger partial charge is 0.119 e. The Kier molecular flexibility index (Phi) is 4.25. The van der Waals surface area contributed by atoms with E-state index in [9.17, 15) is 5.11 Å². The van der Waals surface area contributed by atoms with Crippen LogP contribution in [0.15, 0.2) is 24.3 Å². The third kappa shape index (κ3) is 2.52. The van der Waals surface area contributed by atoms with Crippen molar-refractivity contribution in [1.29, 1.82) is 0 Å². The number of methoxy groups -OCH3 is 1. The van der Waals surface area contributed by atoms with E-state index in [0.29, 0.717) is 0 Å². The molecule has 1 aromatic rings. The number of ether oxygens (including phenoxy) is 1. The second-order valence-corrected chi connectivity index (χ2v) is 5.16. The molecule has 18 heavy (non-hydrogen) atoms. The fourth-order valence-corrected chi connectivity index (χ4v) is 3.02. The summed E-state index contributed by atoms with van der Waals surface area (Å²) in [5.74, 6) is 1.10. The first-order chi connectivity index (χ1) is 8.70. The highest BCUT2D eigenvalue weighted by atomic mass is 16.5. The molecule has 0 radical (unpaired) electrons. The third-order valence-electron chi connectivity index (χ3n) is 4.06. The van der Waals surface area contributed by atoms with Crippen molar-refractivity contribution >= 4 is 0 Å². The van der Waals surface area contributed by atoms with Gasteiger partial charge in [-0.2, -0.15) is 0 Å². The van der Waals surface area contributed by atoms with Gasteiger partial charge in [-0.3, -0.25) is 0 Å². The Morgan fingerprint density at radius 3 is 3.00 bits per heavy atom. The Balaban J connectivity index is 2.30. The highest BCUT2D eigenvalue weighted by molar-refractivity contribution is 5.33.